The molecule has 1 atom stereocenters. The second-order valence-electron chi connectivity index (χ2n) is 4.84. The van der Waals surface area contributed by atoms with Gasteiger partial charge in [-0.2, -0.15) is 5.21 Å². The van der Waals surface area contributed by atoms with E-state index in [4.69, 9.17) is 0 Å². The number of sulfonamides is 1. The van der Waals surface area contributed by atoms with E-state index >= 15 is 0 Å². The number of likely N-dealkylation sites (tertiary alicyclic amines) is 1. The molecule has 1 amide bonds. The van der Waals surface area contributed by atoms with Crippen LogP contribution in [0.5, 0.6) is 0 Å². The molecule has 0 aromatic carbocycles. The highest BCUT2D eigenvalue weighted by atomic mass is 32.2. The van der Waals surface area contributed by atoms with Crippen LogP contribution in [0.2, 0.25) is 0 Å². The van der Waals surface area contributed by atoms with Gasteiger partial charge in [-0.15, -0.1) is 10.2 Å². The van der Waals surface area contributed by atoms with Crippen LogP contribution in [0.3, 0.4) is 0 Å². The fourth-order valence-corrected chi connectivity index (χ4v) is 2.85. The number of aromatic nitrogens is 4. The van der Waals surface area contributed by atoms with Crippen molar-refractivity contribution in [3.8, 4) is 0 Å². The monoisotopic (exact) mass is 302 g/mol. The number of hydrogen-bond acceptors (Lipinski definition) is 6. The maximum absolute atomic E-state index is 12.2. The first-order valence-corrected chi connectivity index (χ1v) is 8.35. The Morgan fingerprint density at radius 1 is 1.50 bits per heavy atom. The van der Waals surface area contributed by atoms with Crippen molar-refractivity contribution >= 4 is 15.9 Å². The topological polar surface area (TPSA) is 121 Å². The first-order chi connectivity index (χ1) is 9.47. The fraction of sp³-hybridized carbons (Fsp3) is 0.800. The van der Waals surface area contributed by atoms with Gasteiger partial charge in [0.1, 0.15) is 0 Å². The van der Waals surface area contributed by atoms with Gasteiger partial charge in [0.2, 0.25) is 10.0 Å². The molecule has 20 heavy (non-hydrogen) atoms. The number of H-pyrrole nitrogens is 1. The minimum atomic E-state index is -3.20. The second-order valence-corrected chi connectivity index (χ2v) is 6.67. The molecule has 1 aromatic heterocycles. The molecule has 1 aliphatic rings. The zero-order valence-electron chi connectivity index (χ0n) is 11.2. The molecule has 1 saturated heterocycles. The number of hydrogen-bond donors (Lipinski definition) is 2. The maximum atomic E-state index is 12.2. The van der Waals surface area contributed by atoms with Crippen LogP contribution in [0.4, 0.5) is 0 Å². The molecule has 112 valence electrons. The lowest BCUT2D eigenvalue weighted by atomic mass is 9.99. The van der Waals surface area contributed by atoms with Crippen molar-refractivity contribution in [2.24, 2.45) is 0 Å². The van der Waals surface area contributed by atoms with Crippen LogP contribution in [0.1, 0.15) is 36.3 Å². The van der Waals surface area contributed by atoms with Crippen LogP contribution in [-0.4, -0.2) is 65.2 Å². The zero-order chi connectivity index (χ0) is 14.6. The molecule has 0 spiro atoms. The zero-order valence-corrected chi connectivity index (χ0v) is 12.1. The predicted molar refractivity (Wildman–Crippen MR) is 70.3 cm³/mol. The van der Waals surface area contributed by atoms with E-state index in [-0.39, 0.29) is 17.8 Å². The average Bonchev–Trinajstić information content (AvgIpc) is 2.91. The molecule has 2 N–H and O–H groups in total. The Hall–Kier alpha value is -1.55. The number of nitrogens with one attached hydrogen (secondary N) is 2. The summed E-state index contributed by atoms with van der Waals surface area (Å²) in [6.07, 6.45) is 4.51. The van der Waals surface area contributed by atoms with Gasteiger partial charge in [0, 0.05) is 19.1 Å². The van der Waals surface area contributed by atoms with Crippen LogP contribution in [0, 0.1) is 0 Å². The van der Waals surface area contributed by atoms with Crippen molar-refractivity contribution in [2.45, 2.75) is 31.7 Å². The quantitative estimate of drug-likeness (QED) is 0.729. The summed E-state index contributed by atoms with van der Waals surface area (Å²) < 4.78 is 24.5. The van der Waals surface area contributed by atoms with E-state index in [0.29, 0.717) is 19.5 Å². The van der Waals surface area contributed by atoms with Gasteiger partial charge in [0.05, 0.1) is 6.26 Å². The highest BCUT2D eigenvalue weighted by molar-refractivity contribution is 7.88. The van der Waals surface area contributed by atoms with Gasteiger partial charge < -0.3 is 4.90 Å². The first kappa shape index (κ1) is 14.9. The fourth-order valence-electron chi connectivity index (χ4n) is 2.36. The van der Waals surface area contributed by atoms with E-state index in [1.165, 1.54) is 0 Å². The Kier molecular flexibility index (Phi) is 4.65. The summed E-state index contributed by atoms with van der Waals surface area (Å²) in [5, 5.41) is 13.0. The molecule has 9 nitrogen and oxygen atoms in total. The van der Waals surface area contributed by atoms with E-state index in [2.05, 4.69) is 25.3 Å². The van der Waals surface area contributed by atoms with Gasteiger partial charge in [-0.25, -0.2) is 13.1 Å². The van der Waals surface area contributed by atoms with Gasteiger partial charge >= 0.3 is 0 Å². The van der Waals surface area contributed by atoms with Crippen LogP contribution >= 0.6 is 0 Å². The third kappa shape index (κ3) is 3.97. The van der Waals surface area contributed by atoms with Gasteiger partial charge in [0.25, 0.3) is 11.7 Å². The van der Waals surface area contributed by atoms with Gasteiger partial charge in [-0.3, -0.25) is 4.79 Å². The van der Waals surface area contributed by atoms with Gasteiger partial charge in [0.15, 0.2) is 0 Å². The first-order valence-electron chi connectivity index (χ1n) is 6.46. The summed E-state index contributed by atoms with van der Waals surface area (Å²) in [6.45, 7) is 0.955. The molecule has 0 aliphatic carbocycles. The van der Waals surface area contributed by atoms with Crippen molar-refractivity contribution < 1.29 is 13.2 Å². The highest BCUT2D eigenvalue weighted by Gasteiger charge is 2.29. The van der Waals surface area contributed by atoms with Gasteiger partial charge in [-0.05, 0) is 30.9 Å². The number of carbonyl (C=O) groups excluding carboxylic acids is 1. The number of aromatic amines is 1. The summed E-state index contributed by atoms with van der Waals surface area (Å²) in [5.41, 5.74) is 0. The van der Waals surface area contributed by atoms with Crippen LogP contribution in [-0.2, 0) is 10.0 Å². The molecule has 0 bridgehead atoms. The van der Waals surface area contributed by atoms with Crippen molar-refractivity contribution in [2.75, 3.05) is 19.3 Å². The Bertz CT molecular complexity index is 543. The molecule has 0 saturated carbocycles. The highest BCUT2D eigenvalue weighted by Crippen LogP contribution is 2.20. The summed E-state index contributed by atoms with van der Waals surface area (Å²) >= 11 is 0. The summed E-state index contributed by atoms with van der Waals surface area (Å²) in [7, 11) is -3.20. The smallest absolute Gasteiger partial charge is 0.295 e. The van der Waals surface area contributed by atoms with E-state index in [9.17, 15) is 13.2 Å². The van der Waals surface area contributed by atoms with E-state index in [0.717, 1.165) is 25.5 Å². The SMILES string of the molecule is CS(=O)(=O)NCCC1CCCCN1C(=O)c1nn[nH]n1. The largest absolute Gasteiger partial charge is 0.333 e. The molecule has 2 rings (SSSR count). The third-order valence-electron chi connectivity index (χ3n) is 3.27. The van der Waals surface area contributed by atoms with Crippen molar-refractivity contribution in [3.05, 3.63) is 5.82 Å². The van der Waals surface area contributed by atoms with Crippen molar-refractivity contribution in [1.29, 1.82) is 0 Å². The van der Waals surface area contributed by atoms with Gasteiger partial charge in [-0.1, -0.05) is 0 Å². The lowest BCUT2D eigenvalue weighted by molar-refractivity contribution is 0.0591. The van der Waals surface area contributed by atoms with Crippen LogP contribution in [0.15, 0.2) is 0 Å². The third-order valence-corrected chi connectivity index (χ3v) is 3.99. The molecule has 1 aliphatic heterocycles. The molecule has 10 heteroatoms. The Labute approximate surface area is 117 Å². The Balaban J connectivity index is 1.96. The molecular weight excluding hydrogens is 284 g/mol. The molecule has 2 heterocycles. The lowest BCUT2D eigenvalue weighted by Crippen LogP contribution is -2.45. The number of piperidine rings is 1. The van der Waals surface area contributed by atoms with E-state index in [1.807, 2.05) is 0 Å². The van der Waals surface area contributed by atoms with Crippen molar-refractivity contribution in [1.82, 2.24) is 30.2 Å². The molecular formula is C10H18N6O3S. The van der Waals surface area contributed by atoms with Crippen LogP contribution in [0.25, 0.3) is 0 Å². The minimum Gasteiger partial charge on any atom is -0.333 e. The molecule has 1 fully saturated rings. The number of nitrogens with zero attached hydrogens (tertiary/aromatic N) is 4. The summed E-state index contributed by atoms with van der Waals surface area (Å²) in [5.74, 6) is -0.212. The predicted octanol–water partition coefficient (Wildman–Crippen LogP) is -0.866. The molecule has 1 unspecified atom stereocenters. The maximum Gasteiger partial charge on any atom is 0.295 e. The Morgan fingerprint density at radius 3 is 2.95 bits per heavy atom. The lowest BCUT2D eigenvalue weighted by Gasteiger charge is -2.35. The van der Waals surface area contributed by atoms with E-state index in [1.54, 1.807) is 4.90 Å². The molecule has 0 radical (unpaired) electrons. The summed E-state index contributed by atoms with van der Waals surface area (Å²) in [6, 6.07) is 0.00370. The second kappa shape index (κ2) is 6.27. The van der Waals surface area contributed by atoms with Crippen LogP contribution < -0.4 is 4.72 Å². The Morgan fingerprint density at radius 2 is 2.30 bits per heavy atom. The number of rotatable bonds is 5. The van der Waals surface area contributed by atoms with Crippen molar-refractivity contribution in [3.63, 3.8) is 0 Å². The number of amides is 1. The molecule has 1 aromatic rings. The summed E-state index contributed by atoms with van der Waals surface area (Å²) in [4.78, 5) is 13.9. The standard InChI is InChI=1S/C10H18N6O3S/c1-20(18,19)11-6-5-8-4-2-3-7-16(8)10(17)9-12-14-15-13-9/h8,11H,2-7H2,1H3,(H,12,13,14,15). The van der Waals surface area contributed by atoms with E-state index < -0.39 is 10.0 Å². The minimum absolute atomic E-state index is 0.00370. The number of carbonyl (C=O) groups is 1. The number of tetrazole rings is 1. The average molecular weight is 302 g/mol. The normalized spacial score (nSPS) is 20.1.